The van der Waals surface area contributed by atoms with E-state index in [9.17, 15) is 83.1 Å². The van der Waals surface area contributed by atoms with E-state index in [1.165, 1.54) is 0 Å². The molecule has 3 nitrogen and oxygen atoms in total. The SMILES string of the molecule is O=S(=O)(OCC(F)(F)C(F)(F)C(F)(F)C(F)F)C(F)(F)C(F)(F)C(F)(F)C(F)(F)F. The van der Waals surface area contributed by atoms with E-state index in [1.807, 2.05) is 0 Å². The van der Waals surface area contributed by atoms with Gasteiger partial charge in [0.25, 0.3) is 0 Å². The molecule has 0 unspecified atom stereocenters. The molecule has 0 amide bonds. The van der Waals surface area contributed by atoms with Gasteiger partial charge in [0.2, 0.25) is 0 Å². The van der Waals surface area contributed by atoms with Crippen LogP contribution in [-0.2, 0) is 14.3 Å². The van der Waals surface area contributed by atoms with Gasteiger partial charge in [-0.3, -0.25) is 4.18 Å². The molecule has 0 aromatic rings. The number of alkyl halides is 17. The number of rotatable bonds is 9. The van der Waals surface area contributed by atoms with E-state index >= 15 is 0 Å². The molecule has 0 aliphatic rings. The smallest absolute Gasteiger partial charge is 0.259 e. The molecular weight excluding hydrogens is 511 g/mol. The van der Waals surface area contributed by atoms with Crippen LogP contribution in [0.4, 0.5) is 74.6 Å². The number of halogens is 17. The fourth-order valence-corrected chi connectivity index (χ4v) is 2.11. The molecule has 0 bridgehead atoms. The molecule has 0 fully saturated rings. The van der Waals surface area contributed by atoms with Gasteiger partial charge in [0.05, 0.1) is 0 Å². The zero-order valence-electron chi connectivity index (χ0n) is 12.8. The minimum Gasteiger partial charge on any atom is -0.259 e. The van der Waals surface area contributed by atoms with Gasteiger partial charge in [-0.1, -0.05) is 0 Å². The van der Waals surface area contributed by atoms with Crippen LogP contribution in [-0.4, -0.2) is 62.5 Å². The summed E-state index contributed by atoms with van der Waals surface area (Å²) in [6.45, 7) is -4.06. The maximum absolute atomic E-state index is 13.1. The number of hydrogen-bond acceptors (Lipinski definition) is 3. The first-order valence-electron chi connectivity index (χ1n) is 6.16. The Morgan fingerprint density at radius 2 is 1.00 bits per heavy atom. The highest BCUT2D eigenvalue weighted by atomic mass is 32.2. The summed E-state index contributed by atoms with van der Waals surface area (Å²) in [5.41, 5.74) is 0. The first-order chi connectivity index (χ1) is 12.7. The van der Waals surface area contributed by atoms with Crippen LogP contribution in [0.1, 0.15) is 0 Å². The zero-order valence-corrected chi connectivity index (χ0v) is 13.7. The summed E-state index contributed by atoms with van der Waals surface area (Å²) in [6, 6.07) is 0. The van der Waals surface area contributed by atoms with Crippen LogP contribution < -0.4 is 0 Å². The highest BCUT2D eigenvalue weighted by molar-refractivity contribution is 7.87. The minimum atomic E-state index is -8.13. The van der Waals surface area contributed by atoms with E-state index in [0.29, 0.717) is 0 Å². The van der Waals surface area contributed by atoms with Crippen LogP contribution in [0.5, 0.6) is 0 Å². The summed E-state index contributed by atoms with van der Waals surface area (Å²) in [7, 11) is -8.13. The van der Waals surface area contributed by atoms with Crippen molar-refractivity contribution >= 4 is 10.1 Å². The largest absolute Gasteiger partial charge is 0.460 e. The Labute approximate surface area is 152 Å². The van der Waals surface area contributed by atoms with Crippen molar-refractivity contribution in [1.82, 2.24) is 0 Å². The van der Waals surface area contributed by atoms with Crippen molar-refractivity contribution in [2.75, 3.05) is 6.61 Å². The number of hydrogen-bond donors (Lipinski definition) is 0. The molecule has 0 saturated heterocycles. The van der Waals surface area contributed by atoms with Crippen LogP contribution in [0.15, 0.2) is 0 Å². The molecule has 0 saturated carbocycles. The van der Waals surface area contributed by atoms with Crippen molar-refractivity contribution in [2.24, 2.45) is 0 Å². The third-order valence-electron chi connectivity index (χ3n) is 2.98. The molecule has 0 aliphatic carbocycles. The lowest BCUT2D eigenvalue weighted by atomic mass is 10.1. The fourth-order valence-electron chi connectivity index (χ4n) is 1.21. The monoisotopic (exact) mass is 514 g/mol. The molecular formula is C9H3F17O3S. The van der Waals surface area contributed by atoms with Gasteiger partial charge in [-0.2, -0.15) is 74.3 Å². The Bertz CT molecular complexity index is 721. The van der Waals surface area contributed by atoms with Crippen molar-refractivity contribution in [3.8, 4) is 0 Å². The average Bonchev–Trinajstić information content (AvgIpc) is 2.50. The average molecular weight is 514 g/mol. The second-order valence-electron chi connectivity index (χ2n) is 5.08. The Hall–Kier alpha value is -1.28. The Kier molecular flexibility index (Phi) is 7.08. The van der Waals surface area contributed by atoms with E-state index in [2.05, 4.69) is 4.18 Å². The third-order valence-corrected chi connectivity index (χ3v) is 4.29. The van der Waals surface area contributed by atoms with Crippen molar-refractivity contribution in [1.29, 1.82) is 0 Å². The summed E-state index contributed by atoms with van der Waals surface area (Å²) in [6.07, 6.45) is -13.2. The van der Waals surface area contributed by atoms with Gasteiger partial charge in [-0.25, -0.2) is 8.78 Å². The van der Waals surface area contributed by atoms with Gasteiger partial charge in [0.15, 0.2) is 0 Å². The summed E-state index contributed by atoms with van der Waals surface area (Å²) in [4.78, 5) is 0. The quantitative estimate of drug-likeness (QED) is 0.324. The zero-order chi connectivity index (χ0) is 25.0. The topological polar surface area (TPSA) is 43.4 Å². The highest BCUT2D eigenvalue weighted by Gasteiger charge is 2.86. The molecule has 21 heteroatoms. The molecule has 0 N–H and O–H groups in total. The standard InChI is InChI=1S/C9H3F17O3S/c10-2(11)4(14,15)5(16,17)3(12,13)1-29-30(27,28)9(25,26)7(20,21)6(18,19)8(22,23)24/h2H,1H2. The van der Waals surface area contributed by atoms with Gasteiger partial charge in [0, 0.05) is 0 Å². The van der Waals surface area contributed by atoms with Crippen molar-refractivity contribution in [3.05, 3.63) is 0 Å². The summed E-state index contributed by atoms with van der Waals surface area (Å²) in [5.74, 6) is -37.1. The van der Waals surface area contributed by atoms with E-state index in [4.69, 9.17) is 0 Å². The Balaban J connectivity index is 6.05. The van der Waals surface area contributed by atoms with Crippen molar-refractivity contribution < 1.29 is 87.2 Å². The van der Waals surface area contributed by atoms with Crippen LogP contribution in [0.3, 0.4) is 0 Å². The minimum absolute atomic E-state index is 2.15. The molecule has 0 radical (unpaired) electrons. The van der Waals surface area contributed by atoms with E-state index in [1.54, 1.807) is 0 Å². The second kappa shape index (κ2) is 7.40. The summed E-state index contributed by atoms with van der Waals surface area (Å²) < 4.78 is 236. The van der Waals surface area contributed by atoms with Gasteiger partial charge < -0.3 is 0 Å². The van der Waals surface area contributed by atoms with E-state index in [-0.39, 0.29) is 0 Å². The van der Waals surface area contributed by atoms with Gasteiger partial charge in [-0.05, 0) is 0 Å². The summed E-state index contributed by atoms with van der Waals surface area (Å²) >= 11 is 0. The van der Waals surface area contributed by atoms with Crippen LogP contribution >= 0.6 is 0 Å². The molecule has 0 rings (SSSR count). The van der Waals surface area contributed by atoms with E-state index in [0.717, 1.165) is 0 Å². The molecule has 0 atom stereocenters. The predicted octanol–water partition coefficient (Wildman–Crippen LogP) is 4.93. The maximum atomic E-state index is 13.1. The Morgan fingerprint density at radius 3 is 1.30 bits per heavy atom. The molecule has 0 heterocycles. The lowest BCUT2D eigenvalue weighted by Gasteiger charge is -2.34. The molecule has 0 aromatic carbocycles. The molecule has 30 heavy (non-hydrogen) atoms. The van der Waals surface area contributed by atoms with Gasteiger partial charge in [-0.15, -0.1) is 0 Å². The van der Waals surface area contributed by atoms with Gasteiger partial charge >= 0.3 is 57.6 Å². The second-order valence-corrected chi connectivity index (χ2v) is 6.74. The van der Waals surface area contributed by atoms with Crippen LogP contribution in [0, 0.1) is 0 Å². The lowest BCUT2D eigenvalue weighted by molar-refractivity contribution is -0.383. The highest BCUT2D eigenvalue weighted by Crippen LogP contribution is 2.55. The first-order valence-corrected chi connectivity index (χ1v) is 7.56. The predicted molar refractivity (Wildman–Crippen MR) is 56.6 cm³/mol. The summed E-state index contributed by atoms with van der Waals surface area (Å²) in [5, 5.41) is -7.77. The van der Waals surface area contributed by atoms with Gasteiger partial charge in [0.1, 0.15) is 6.61 Å². The fraction of sp³-hybridized carbons (Fsp3) is 1.00. The van der Waals surface area contributed by atoms with Crippen molar-refractivity contribution in [2.45, 2.75) is 47.5 Å². The third kappa shape index (κ3) is 4.09. The normalized spacial score (nSPS) is 16.3. The maximum Gasteiger partial charge on any atom is 0.460 e. The first kappa shape index (κ1) is 28.7. The lowest BCUT2D eigenvalue weighted by Crippen LogP contribution is -2.64. The Morgan fingerprint density at radius 1 is 0.633 bits per heavy atom. The molecule has 0 aliphatic heterocycles. The molecule has 182 valence electrons. The van der Waals surface area contributed by atoms with E-state index < -0.39 is 64.2 Å². The molecule has 0 spiro atoms. The van der Waals surface area contributed by atoms with Crippen LogP contribution in [0.25, 0.3) is 0 Å². The van der Waals surface area contributed by atoms with Crippen LogP contribution in [0.2, 0.25) is 0 Å². The molecule has 0 aromatic heterocycles. The van der Waals surface area contributed by atoms with Crippen molar-refractivity contribution in [3.63, 3.8) is 0 Å².